The Morgan fingerprint density at radius 1 is 1.40 bits per heavy atom. The van der Waals surface area contributed by atoms with Crippen LogP contribution in [0.15, 0.2) is 23.0 Å². The Hall–Kier alpha value is -1.42. The van der Waals surface area contributed by atoms with Crippen LogP contribution >= 0.6 is 0 Å². The van der Waals surface area contributed by atoms with Crippen molar-refractivity contribution in [3.8, 4) is 0 Å². The van der Waals surface area contributed by atoms with Gasteiger partial charge in [-0.2, -0.15) is 0 Å². The predicted molar refractivity (Wildman–Crippen MR) is 52.0 cm³/mol. The highest BCUT2D eigenvalue weighted by Crippen LogP contribution is 2.29. The van der Waals surface area contributed by atoms with Crippen LogP contribution in [0.25, 0.3) is 0 Å². The normalized spacial score (nSPS) is 20.2. The van der Waals surface area contributed by atoms with Crippen LogP contribution in [0.2, 0.25) is 0 Å². The van der Waals surface area contributed by atoms with Gasteiger partial charge in [0.25, 0.3) is 0 Å². The first kappa shape index (κ1) is 10.1. The van der Waals surface area contributed by atoms with Crippen LogP contribution in [0, 0.1) is 0 Å². The maximum atomic E-state index is 11.8. The molecule has 0 fully saturated rings. The van der Waals surface area contributed by atoms with Gasteiger partial charge in [-0.15, -0.1) is 0 Å². The molecule has 0 bridgehead atoms. The van der Waals surface area contributed by atoms with Gasteiger partial charge in [0.2, 0.25) is 5.78 Å². The highest BCUT2D eigenvalue weighted by molar-refractivity contribution is 6.22. The standard InChI is InChI=1S/C11H12O4/c12-4-1-2-7-6-9(13)11-8(10(7)14)3-5-15-11/h6,12H,1-5H2. The van der Waals surface area contributed by atoms with E-state index in [-0.39, 0.29) is 23.9 Å². The second-order valence-electron chi connectivity index (χ2n) is 3.60. The average molecular weight is 208 g/mol. The lowest BCUT2D eigenvalue weighted by Crippen LogP contribution is -2.17. The summed E-state index contributed by atoms with van der Waals surface area (Å²) in [6.45, 7) is 0.449. The quantitative estimate of drug-likeness (QED) is 0.686. The zero-order chi connectivity index (χ0) is 10.8. The summed E-state index contributed by atoms with van der Waals surface area (Å²) in [6, 6.07) is 0. The van der Waals surface area contributed by atoms with Gasteiger partial charge in [0.05, 0.1) is 6.61 Å². The molecule has 4 nitrogen and oxygen atoms in total. The van der Waals surface area contributed by atoms with E-state index in [0.29, 0.717) is 37.0 Å². The molecule has 80 valence electrons. The first-order valence-corrected chi connectivity index (χ1v) is 5.00. The molecule has 0 saturated carbocycles. The van der Waals surface area contributed by atoms with Crippen LogP contribution in [0.1, 0.15) is 19.3 Å². The Balaban J connectivity index is 2.20. The minimum atomic E-state index is -0.213. The fourth-order valence-electron chi connectivity index (χ4n) is 1.83. The molecule has 0 atom stereocenters. The molecule has 0 radical (unpaired) electrons. The minimum Gasteiger partial charge on any atom is -0.489 e. The number of carbonyl (C=O) groups is 2. The van der Waals surface area contributed by atoms with Gasteiger partial charge in [-0.1, -0.05) is 0 Å². The van der Waals surface area contributed by atoms with Gasteiger partial charge in [-0.25, -0.2) is 0 Å². The summed E-state index contributed by atoms with van der Waals surface area (Å²) in [4.78, 5) is 23.3. The van der Waals surface area contributed by atoms with Crippen LogP contribution in [0.3, 0.4) is 0 Å². The second-order valence-corrected chi connectivity index (χ2v) is 3.60. The van der Waals surface area contributed by atoms with Gasteiger partial charge in [-0.3, -0.25) is 9.59 Å². The molecule has 0 spiro atoms. The summed E-state index contributed by atoms with van der Waals surface area (Å²) in [6.07, 6.45) is 2.82. The number of allylic oxidation sites excluding steroid dienone is 2. The van der Waals surface area contributed by atoms with Gasteiger partial charge in [0.1, 0.15) is 0 Å². The number of hydrogen-bond acceptors (Lipinski definition) is 4. The van der Waals surface area contributed by atoms with Crippen molar-refractivity contribution in [2.45, 2.75) is 19.3 Å². The van der Waals surface area contributed by atoms with Gasteiger partial charge in [0, 0.05) is 24.2 Å². The molecule has 0 aromatic carbocycles. The van der Waals surface area contributed by atoms with Gasteiger partial charge >= 0.3 is 0 Å². The average Bonchev–Trinajstić information content (AvgIpc) is 2.70. The van der Waals surface area contributed by atoms with E-state index in [1.165, 1.54) is 6.08 Å². The molecule has 2 rings (SSSR count). The largest absolute Gasteiger partial charge is 0.489 e. The molecule has 1 aliphatic heterocycles. The molecule has 1 heterocycles. The lowest BCUT2D eigenvalue weighted by molar-refractivity contribution is -0.117. The molecule has 0 aromatic heterocycles. The van der Waals surface area contributed by atoms with Crippen molar-refractivity contribution in [2.75, 3.05) is 13.2 Å². The van der Waals surface area contributed by atoms with Crippen LogP contribution < -0.4 is 0 Å². The van der Waals surface area contributed by atoms with Gasteiger partial charge in [0.15, 0.2) is 11.5 Å². The van der Waals surface area contributed by atoms with Crippen molar-refractivity contribution in [2.24, 2.45) is 0 Å². The Labute approximate surface area is 87.2 Å². The maximum Gasteiger partial charge on any atom is 0.221 e. The molecule has 0 aromatic rings. The number of aliphatic hydroxyl groups is 1. The number of ketones is 2. The van der Waals surface area contributed by atoms with Crippen molar-refractivity contribution in [1.29, 1.82) is 0 Å². The van der Waals surface area contributed by atoms with E-state index >= 15 is 0 Å². The Morgan fingerprint density at radius 2 is 2.20 bits per heavy atom. The van der Waals surface area contributed by atoms with Crippen molar-refractivity contribution in [3.63, 3.8) is 0 Å². The van der Waals surface area contributed by atoms with Crippen LogP contribution in [-0.4, -0.2) is 29.9 Å². The summed E-state index contributed by atoms with van der Waals surface area (Å²) >= 11 is 0. The molecule has 1 N–H and O–H groups in total. The lowest BCUT2D eigenvalue weighted by Gasteiger charge is -2.11. The fourth-order valence-corrected chi connectivity index (χ4v) is 1.83. The third-order valence-corrected chi connectivity index (χ3v) is 2.57. The molecule has 15 heavy (non-hydrogen) atoms. The zero-order valence-corrected chi connectivity index (χ0v) is 8.28. The monoisotopic (exact) mass is 208 g/mol. The first-order valence-electron chi connectivity index (χ1n) is 5.00. The van der Waals surface area contributed by atoms with E-state index in [0.717, 1.165) is 0 Å². The molecule has 4 heteroatoms. The molecule has 0 saturated heterocycles. The van der Waals surface area contributed by atoms with E-state index in [9.17, 15) is 9.59 Å². The van der Waals surface area contributed by atoms with E-state index < -0.39 is 0 Å². The Bertz CT molecular complexity index is 376. The van der Waals surface area contributed by atoms with Crippen molar-refractivity contribution in [1.82, 2.24) is 0 Å². The minimum absolute atomic E-state index is 0.0290. The van der Waals surface area contributed by atoms with Gasteiger partial charge in [-0.05, 0) is 18.9 Å². The van der Waals surface area contributed by atoms with E-state index in [4.69, 9.17) is 9.84 Å². The lowest BCUT2D eigenvalue weighted by atomic mass is 9.91. The highest BCUT2D eigenvalue weighted by Gasteiger charge is 2.32. The van der Waals surface area contributed by atoms with E-state index in [1.807, 2.05) is 0 Å². The number of Topliss-reactive ketones (excluding diaryl/α,β-unsaturated/α-hetero) is 1. The molecule has 0 unspecified atom stereocenters. The van der Waals surface area contributed by atoms with E-state index in [1.54, 1.807) is 0 Å². The van der Waals surface area contributed by atoms with Crippen LogP contribution in [0.4, 0.5) is 0 Å². The Morgan fingerprint density at radius 3 is 2.93 bits per heavy atom. The third kappa shape index (κ3) is 1.72. The SMILES string of the molecule is O=C1C=C(CCCO)C(=O)C2=C1OCC2. The summed E-state index contributed by atoms with van der Waals surface area (Å²) in [5.41, 5.74) is 1.01. The third-order valence-electron chi connectivity index (χ3n) is 2.57. The van der Waals surface area contributed by atoms with Gasteiger partial charge < -0.3 is 9.84 Å². The second kappa shape index (κ2) is 3.98. The number of ether oxygens (including phenoxy) is 1. The molecular weight excluding hydrogens is 196 g/mol. The van der Waals surface area contributed by atoms with Crippen molar-refractivity contribution in [3.05, 3.63) is 23.0 Å². The number of carbonyl (C=O) groups excluding carboxylic acids is 2. The highest BCUT2D eigenvalue weighted by atomic mass is 16.5. The smallest absolute Gasteiger partial charge is 0.221 e. The number of rotatable bonds is 3. The number of hydrogen-bond donors (Lipinski definition) is 1. The molecule has 1 aliphatic carbocycles. The van der Waals surface area contributed by atoms with Crippen molar-refractivity contribution < 1.29 is 19.4 Å². The van der Waals surface area contributed by atoms with E-state index in [2.05, 4.69) is 0 Å². The number of aliphatic hydroxyl groups excluding tert-OH is 1. The topological polar surface area (TPSA) is 63.6 Å². The molecule has 2 aliphatic rings. The van der Waals surface area contributed by atoms with Crippen LogP contribution in [0.5, 0.6) is 0 Å². The molecular formula is C11H12O4. The first-order chi connectivity index (χ1) is 7.24. The fraction of sp³-hybridized carbons (Fsp3) is 0.455. The Kier molecular flexibility index (Phi) is 2.68. The predicted octanol–water partition coefficient (Wildman–Crippen LogP) is 0.512. The zero-order valence-electron chi connectivity index (χ0n) is 8.28. The maximum absolute atomic E-state index is 11.8. The summed E-state index contributed by atoms with van der Waals surface area (Å²) in [5.74, 6) is -0.0710. The summed E-state index contributed by atoms with van der Waals surface area (Å²) in [5, 5.41) is 8.68. The van der Waals surface area contributed by atoms with Crippen LogP contribution in [-0.2, 0) is 14.3 Å². The summed E-state index contributed by atoms with van der Waals surface area (Å²) in [7, 11) is 0. The summed E-state index contributed by atoms with van der Waals surface area (Å²) < 4.78 is 5.11. The molecule has 0 amide bonds. The van der Waals surface area contributed by atoms with Crippen molar-refractivity contribution >= 4 is 11.6 Å².